The van der Waals surface area contributed by atoms with Gasteiger partial charge in [-0.1, -0.05) is 24.3 Å². The molecule has 2 aromatic carbocycles. The Morgan fingerprint density at radius 1 is 1.19 bits per heavy atom. The van der Waals surface area contributed by atoms with Gasteiger partial charge in [0.05, 0.1) is 44.1 Å². The molecule has 0 bridgehead atoms. The van der Waals surface area contributed by atoms with E-state index in [1.165, 1.54) is 4.90 Å². The van der Waals surface area contributed by atoms with Crippen LogP contribution in [0.5, 0.6) is 5.75 Å². The maximum atomic E-state index is 13.8. The number of hydrogen-bond acceptors (Lipinski definition) is 10. The quantitative estimate of drug-likeness (QED) is 0.337. The number of fused-ring (bicyclic) bond motifs is 1. The molecule has 2 fully saturated rings. The Bertz CT molecular complexity index is 1530. The van der Waals surface area contributed by atoms with E-state index >= 15 is 0 Å². The van der Waals surface area contributed by atoms with E-state index < -0.39 is 18.0 Å². The van der Waals surface area contributed by atoms with Crippen LogP contribution in [-0.2, 0) is 0 Å². The smallest absolute Gasteiger partial charge is 0.407 e. The molecule has 3 N–H and O–H groups in total. The first kappa shape index (κ1) is 29.8. The van der Waals surface area contributed by atoms with Crippen LogP contribution in [0.25, 0.3) is 10.8 Å². The molecule has 2 aliphatic rings. The first-order valence-electron chi connectivity index (χ1n) is 14.3. The second kappa shape index (κ2) is 13.1. The van der Waals surface area contributed by atoms with E-state index in [-0.39, 0.29) is 38.0 Å². The number of β-amino-alcohol motifs (C(OH)–C–C–N with tert-alkyl or cyclic N) is 1. The number of amides is 2. The van der Waals surface area contributed by atoms with Crippen molar-refractivity contribution < 1.29 is 24.5 Å². The molecule has 13 nitrogen and oxygen atoms in total. The van der Waals surface area contributed by atoms with Crippen LogP contribution in [0, 0.1) is 11.3 Å². The number of ether oxygens (including phenoxy) is 1. The standard InChI is InChI=1S/C30H36N8O5/c1-35(27-8-5-11-36(27)14-15-39)29-33-25(18-26(34-29)37-12-13-38(30(41)42)21(19-37)9-10-31)28(40)32-24-17-22(43-2)16-20-6-3-4-7-23(20)24/h3-4,6-7,16-18,21,27,39H,5,8-9,11-15,19H2,1-2H3,(H,32,40)(H,41,42)/t21-,27+/m0/s1. The number of hydrogen-bond donors (Lipinski definition) is 3. The lowest BCUT2D eigenvalue weighted by atomic mass is 10.1. The Morgan fingerprint density at radius 2 is 2.00 bits per heavy atom. The number of benzene rings is 2. The van der Waals surface area contributed by atoms with E-state index in [0.29, 0.717) is 36.3 Å². The summed E-state index contributed by atoms with van der Waals surface area (Å²) in [6.45, 7) is 2.16. The summed E-state index contributed by atoms with van der Waals surface area (Å²) < 4.78 is 5.46. The molecule has 2 atom stereocenters. The molecule has 0 unspecified atom stereocenters. The molecule has 43 heavy (non-hydrogen) atoms. The maximum Gasteiger partial charge on any atom is 0.407 e. The lowest BCUT2D eigenvalue weighted by Gasteiger charge is -2.40. The number of nitrogens with one attached hydrogen (secondary N) is 1. The predicted octanol–water partition coefficient (Wildman–Crippen LogP) is 2.82. The minimum Gasteiger partial charge on any atom is -0.497 e. The third-order valence-corrected chi connectivity index (χ3v) is 8.11. The second-order valence-electron chi connectivity index (χ2n) is 10.7. The molecule has 5 rings (SSSR count). The van der Waals surface area contributed by atoms with Crippen molar-refractivity contribution in [3.05, 3.63) is 48.2 Å². The van der Waals surface area contributed by atoms with E-state index in [4.69, 9.17) is 9.72 Å². The zero-order valence-electron chi connectivity index (χ0n) is 24.3. The number of nitriles is 1. The number of carboxylic acid groups (broad SMARTS) is 1. The molecule has 0 aliphatic carbocycles. The van der Waals surface area contributed by atoms with Crippen molar-refractivity contribution in [2.24, 2.45) is 0 Å². The molecule has 1 aromatic heterocycles. The molecular formula is C30H36N8O5. The fraction of sp³-hybridized carbons (Fsp3) is 0.433. The van der Waals surface area contributed by atoms with Crippen LogP contribution in [0.4, 0.5) is 22.2 Å². The van der Waals surface area contributed by atoms with Gasteiger partial charge in [0, 0.05) is 57.3 Å². The van der Waals surface area contributed by atoms with Gasteiger partial charge in [-0.2, -0.15) is 10.2 Å². The molecule has 13 heteroatoms. The number of anilines is 3. The fourth-order valence-corrected chi connectivity index (χ4v) is 5.91. The van der Waals surface area contributed by atoms with Gasteiger partial charge in [0.2, 0.25) is 5.95 Å². The lowest BCUT2D eigenvalue weighted by Crippen LogP contribution is -2.55. The molecule has 2 amide bonds. The average molecular weight is 589 g/mol. The summed E-state index contributed by atoms with van der Waals surface area (Å²) in [5, 5.41) is 33.3. The number of carbonyl (C=O) groups is 2. The first-order chi connectivity index (χ1) is 20.8. The summed E-state index contributed by atoms with van der Waals surface area (Å²) in [4.78, 5) is 42.4. The summed E-state index contributed by atoms with van der Waals surface area (Å²) in [6, 6.07) is 14.5. The van der Waals surface area contributed by atoms with Gasteiger partial charge in [-0.05, 0) is 24.3 Å². The Morgan fingerprint density at radius 3 is 2.74 bits per heavy atom. The number of methoxy groups -OCH3 is 1. The lowest BCUT2D eigenvalue weighted by molar-refractivity contribution is 0.102. The van der Waals surface area contributed by atoms with Crippen molar-refractivity contribution in [3.63, 3.8) is 0 Å². The minimum absolute atomic E-state index is 0.0293. The normalized spacial score (nSPS) is 18.8. The Kier molecular flexibility index (Phi) is 9.08. The van der Waals surface area contributed by atoms with E-state index in [1.54, 1.807) is 19.2 Å². The van der Waals surface area contributed by atoms with Crippen molar-refractivity contribution in [1.82, 2.24) is 19.8 Å². The topological polar surface area (TPSA) is 158 Å². The van der Waals surface area contributed by atoms with Crippen molar-refractivity contribution in [1.29, 1.82) is 5.26 Å². The number of aliphatic hydroxyl groups excluding tert-OH is 1. The van der Waals surface area contributed by atoms with E-state index in [1.807, 2.05) is 47.2 Å². The van der Waals surface area contributed by atoms with Gasteiger partial charge in [-0.15, -0.1) is 0 Å². The molecule has 0 radical (unpaired) electrons. The Balaban J connectivity index is 1.51. The highest BCUT2D eigenvalue weighted by Gasteiger charge is 2.33. The molecule has 2 saturated heterocycles. The number of nitrogens with zero attached hydrogens (tertiary/aromatic N) is 7. The van der Waals surface area contributed by atoms with Crippen molar-refractivity contribution in [2.75, 3.05) is 68.6 Å². The number of likely N-dealkylation sites (tertiary alicyclic amines) is 1. The highest BCUT2D eigenvalue weighted by Crippen LogP contribution is 2.31. The van der Waals surface area contributed by atoms with Crippen molar-refractivity contribution in [2.45, 2.75) is 31.5 Å². The predicted molar refractivity (Wildman–Crippen MR) is 162 cm³/mol. The molecule has 0 saturated carbocycles. The maximum absolute atomic E-state index is 13.8. The minimum atomic E-state index is -1.07. The van der Waals surface area contributed by atoms with E-state index in [2.05, 4.69) is 21.3 Å². The van der Waals surface area contributed by atoms with Crippen molar-refractivity contribution in [3.8, 4) is 11.8 Å². The van der Waals surface area contributed by atoms with E-state index in [0.717, 1.165) is 30.2 Å². The third kappa shape index (κ3) is 6.40. The number of aliphatic hydroxyl groups is 1. The molecule has 226 valence electrons. The largest absolute Gasteiger partial charge is 0.497 e. The summed E-state index contributed by atoms with van der Waals surface area (Å²) in [5.41, 5.74) is 0.715. The molecule has 0 spiro atoms. The summed E-state index contributed by atoms with van der Waals surface area (Å²) in [5.74, 6) is 0.971. The van der Waals surface area contributed by atoms with Crippen LogP contribution in [0.15, 0.2) is 42.5 Å². The Labute approximate surface area is 249 Å². The van der Waals surface area contributed by atoms with Crippen molar-refractivity contribution >= 4 is 40.2 Å². The van der Waals surface area contributed by atoms with E-state index in [9.17, 15) is 25.1 Å². The van der Waals surface area contributed by atoms with Crippen LogP contribution >= 0.6 is 0 Å². The Hall–Kier alpha value is -4.67. The summed E-state index contributed by atoms with van der Waals surface area (Å²) in [6.07, 6.45) is 0.713. The van der Waals surface area contributed by atoms with Gasteiger partial charge in [0.15, 0.2) is 0 Å². The summed E-state index contributed by atoms with van der Waals surface area (Å²) in [7, 11) is 3.44. The highest BCUT2D eigenvalue weighted by atomic mass is 16.5. The highest BCUT2D eigenvalue weighted by molar-refractivity contribution is 6.09. The number of piperazine rings is 1. The molecule has 3 heterocycles. The van der Waals surface area contributed by atoms with Gasteiger partial charge < -0.3 is 35.0 Å². The number of carbonyl (C=O) groups excluding carboxylic acids is 1. The zero-order valence-corrected chi connectivity index (χ0v) is 24.3. The third-order valence-electron chi connectivity index (χ3n) is 8.11. The van der Waals surface area contributed by atoms with Gasteiger partial charge in [-0.3, -0.25) is 9.69 Å². The molecular weight excluding hydrogens is 552 g/mol. The number of rotatable bonds is 9. The van der Waals surface area contributed by atoms with Gasteiger partial charge >= 0.3 is 6.09 Å². The monoisotopic (exact) mass is 588 g/mol. The molecule has 2 aliphatic heterocycles. The van der Waals surface area contributed by atoms with Crippen LogP contribution in [0.3, 0.4) is 0 Å². The van der Waals surface area contributed by atoms with Crippen LogP contribution in [-0.4, -0.2) is 108 Å². The van der Waals surface area contributed by atoms with Crippen LogP contribution in [0.2, 0.25) is 0 Å². The second-order valence-corrected chi connectivity index (χ2v) is 10.7. The SMILES string of the molecule is COc1cc(NC(=O)c2cc(N3CCN(C(=O)O)[C@@H](CC#N)C3)nc(N(C)[C@H]3CCCN3CCO)n2)c2ccccc2c1. The van der Waals surface area contributed by atoms with Gasteiger partial charge in [0.1, 0.15) is 17.3 Å². The molecule has 3 aromatic rings. The number of aromatic nitrogens is 2. The average Bonchev–Trinajstić information content (AvgIpc) is 3.48. The van der Waals surface area contributed by atoms with Gasteiger partial charge in [0.25, 0.3) is 5.91 Å². The van der Waals surface area contributed by atoms with Crippen LogP contribution < -0.4 is 19.9 Å². The first-order valence-corrected chi connectivity index (χ1v) is 14.3. The van der Waals surface area contributed by atoms with Crippen LogP contribution in [0.1, 0.15) is 29.8 Å². The van der Waals surface area contributed by atoms with Gasteiger partial charge in [-0.25, -0.2) is 9.78 Å². The zero-order chi connectivity index (χ0) is 30.5. The summed E-state index contributed by atoms with van der Waals surface area (Å²) >= 11 is 0. The fourth-order valence-electron chi connectivity index (χ4n) is 5.91.